The number of hydrogen-bond acceptors (Lipinski definition) is 6. The summed E-state index contributed by atoms with van der Waals surface area (Å²) in [5.74, 6) is 14.0. The number of anilines is 2. The Hall–Kier alpha value is -5.98. The van der Waals surface area contributed by atoms with Crippen molar-refractivity contribution in [3.8, 4) is 58.2 Å². The van der Waals surface area contributed by atoms with Crippen molar-refractivity contribution in [3.05, 3.63) is 131 Å². The maximum Gasteiger partial charge on any atom is 0.148 e. The van der Waals surface area contributed by atoms with E-state index in [1.165, 1.54) is 12.1 Å². The molecule has 0 heterocycles. The zero-order valence-electron chi connectivity index (χ0n) is 21.3. The Morgan fingerprint density at radius 2 is 1.02 bits per heavy atom. The minimum absolute atomic E-state index is 0.0965. The van der Waals surface area contributed by atoms with Gasteiger partial charge in [0, 0.05) is 34.9 Å². The molecular weight excluding hydrogens is 500 g/mol. The lowest BCUT2D eigenvalue weighted by Gasteiger charge is -2.14. The number of hydrogen-bond donors (Lipinski definition) is 4. The fourth-order valence-electron chi connectivity index (χ4n) is 3.71. The Balaban J connectivity index is 1.67. The molecule has 0 aromatic heterocycles. The van der Waals surface area contributed by atoms with Crippen LogP contribution in [0.4, 0.5) is 11.4 Å². The molecule has 0 saturated carbocycles. The topological polar surface area (TPSA) is 111 Å². The first-order chi connectivity index (χ1) is 19.4. The molecule has 40 heavy (non-hydrogen) atoms. The summed E-state index contributed by atoms with van der Waals surface area (Å²) in [5.41, 5.74) is 14.7. The molecule has 5 rings (SSSR count). The van der Waals surface area contributed by atoms with E-state index >= 15 is 0 Å². The van der Waals surface area contributed by atoms with Crippen molar-refractivity contribution in [1.82, 2.24) is 0 Å². The second-order valence-electron chi connectivity index (χ2n) is 8.72. The van der Waals surface area contributed by atoms with Crippen LogP contribution in [0.1, 0.15) is 22.3 Å². The summed E-state index contributed by atoms with van der Waals surface area (Å²) in [7, 11) is 0. The van der Waals surface area contributed by atoms with Gasteiger partial charge >= 0.3 is 0 Å². The van der Waals surface area contributed by atoms with Crippen molar-refractivity contribution < 1.29 is 19.7 Å². The van der Waals surface area contributed by atoms with Crippen LogP contribution in [-0.4, -0.2) is 10.2 Å². The number of aromatic hydroxyl groups is 2. The first-order valence-electron chi connectivity index (χ1n) is 12.3. The monoisotopic (exact) mass is 524 g/mol. The lowest BCUT2D eigenvalue weighted by Crippen LogP contribution is -1.96. The first kappa shape index (κ1) is 25.7. The van der Waals surface area contributed by atoms with Gasteiger partial charge in [0.1, 0.15) is 34.5 Å². The second-order valence-corrected chi connectivity index (χ2v) is 8.72. The average molecular weight is 525 g/mol. The van der Waals surface area contributed by atoms with Gasteiger partial charge in [-0.25, -0.2) is 0 Å². The normalized spacial score (nSPS) is 10.0. The number of ether oxygens (including phenoxy) is 2. The molecule has 6 nitrogen and oxygen atoms in total. The molecule has 0 unspecified atom stereocenters. The van der Waals surface area contributed by atoms with Gasteiger partial charge in [0.2, 0.25) is 0 Å². The molecule has 6 N–H and O–H groups in total. The van der Waals surface area contributed by atoms with Gasteiger partial charge in [0.15, 0.2) is 0 Å². The number of phenols is 2. The summed E-state index contributed by atoms with van der Waals surface area (Å²) in [6.45, 7) is 0. The standard InChI is InChI=1S/C34H24N2O4/c35-30-17-14-26(20-32(30)37)39-28-19-25(13-11-23-7-3-1-4-8-23)29(16-12-24-9-5-2-6-10-24)34(22-28)40-27-15-18-31(36)33(38)21-27/h1-10,14-15,17-22,37-38H,35-36H2. The Kier molecular flexibility index (Phi) is 7.44. The van der Waals surface area contributed by atoms with E-state index in [0.29, 0.717) is 34.1 Å². The molecule has 0 atom stereocenters. The number of nitrogens with two attached hydrogens (primary N) is 2. The number of rotatable bonds is 4. The highest BCUT2D eigenvalue weighted by Gasteiger charge is 2.14. The molecule has 5 aromatic carbocycles. The van der Waals surface area contributed by atoms with E-state index in [1.54, 1.807) is 36.4 Å². The van der Waals surface area contributed by atoms with Gasteiger partial charge in [-0.05, 0) is 54.6 Å². The molecule has 0 amide bonds. The van der Waals surface area contributed by atoms with Gasteiger partial charge in [-0.2, -0.15) is 0 Å². The van der Waals surface area contributed by atoms with Crippen molar-refractivity contribution in [2.24, 2.45) is 0 Å². The molecule has 0 aliphatic carbocycles. The van der Waals surface area contributed by atoms with Crippen molar-refractivity contribution >= 4 is 11.4 Å². The van der Waals surface area contributed by atoms with E-state index in [2.05, 4.69) is 23.7 Å². The summed E-state index contributed by atoms with van der Waals surface area (Å²) in [6.07, 6.45) is 0. The van der Waals surface area contributed by atoms with Crippen molar-refractivity contribution in [1.29, 1.82) is 0 Å². The molecule has 6 heteroatoms. The van der Waals surface area contributed by atoms with Crippen LogP contribution in [0.15, 0.2) is 109 Å². The number of benzene rings is 5. The number of nitrogen functional groups attached to an aromatic ring is 2. The molecule has 0 spiro atoms. The van der Waals surface area contributed by atoms with E-state index in [9.17, 15) is 10.2 Å². The van der Waals surface area contributed by atoms with E-state index in [-0.39, 0.29) is 22.9 Å². The highest BCUT2D eigenvalue weighted by Crippen LogP contribution is 2.37. The minimum atomic E-state index is -0.108. The molecule has 5 aromatic rings. The predicted molar refractivity (Wildman–Crippen MR) is 156 cm³/mol. The van der Waals surface area contributed by atoms with E-state index in [0.717, 1.165) is 11.1 Å². The molecule has 0 fully saturated rings. The highest BCUT2D eigenvalue weighted by atomic mass is 16.5. The third-order valence-electron chi connectivity index (χ3n) is 5.76. The van der Waals surface area contributed by atoms with Crippen LogP contribution in [0.3, 0.4) is 0 Å². The van der Waals surface area contributed by atoms with Crippen molar-refractivity contribution in [2.45, 2.75) is 0 Å². The molecule has 0 bridgehead atoms. The van der Waals surface area contributed by atoms with E-state index in [1.807, 2.05) is 60.7 Å². The largest absolute Gasteiger partial charge is 0.506 e. The predicted octanol–water partition coefficient (Wildman–Crippen LogP) is 6.65. The van der Waals surface area contributed by atoms with Crippen molar-refractivity contribution in [2.75, 3.05) is 11.5 Å². The smallest absolute Gasteiger partial charge is 0.148 e. The van der Waals surface area contributed by atoms with Crippen LogP contribution in [0.5, 0.6) is 34.5 Å². The second kappa shape index (κ2) is 11.6. The van der Waals surface area contributed by atoms with Crippen LogP contribution in [0.25, 0.3) is 0 Å². The molecular formula is C34H24N2O4. The SMILES string of the molecule is Nc1ccc(Oc2cc(C#Cc3ccccc3)c(C#Cc3ccccc3)c(Oc3ccc(N)c(O)c3)c2)cc1O. The Bertz CT molecular complexity index is 1800. The quantitative estimate of drug-likeness (QED) is 0.119. The lowest BCUT2D eigenvalue weighted by molar-refractivity contribution is 0.444. The van der Waals surface area contributed by atoms with Gasteiger partial charge in [0.05, 0.1) is 16.9 Å². The minimum Gasteiger partial charge on any atom is -0.506 e. The van der Waals surface area contributed by atoms with Crippen LogP contribution in [0, 0.1) is 23.7 Å². The van der Waals surface area contributed by atoms with Crippen LogP contribution in [0.2, 0.25) is 0 Å². The summed E-state index contributed by atoms with van der Waals surface area (Å²) in [5, 5.41) is 20.2. The van der Waals surface area contributed by atoms with Gasteiger partial charge in [-0.15, -0.1) is 0 Å². The fourth-order valence-corrected chi connectivity index (χ4v) is 3.71. The van der Waals surface area contributed by atoms with Gasteiger partial charge in [-0.1, -0.05) is 60.1 Å². The summed E-state index contributed by atoms with van der Waals surface area (Å²) in [6, 6.07) is 31.8. The van der Waals surface area contributed by atoms with Crippen LogP contribution in [-0.2, 0) is 0 Å². The van der Waals surface area contributed by atoms with E-state index < -0.39 is 0 Å². The Morgan fingerprint density at radius 3 is 1.57 bits per heavy atom. The molecule has 194 valence electrons. The number of phenolic OH excluding ortho intramolecular Hbond substituents is 2. The molecule has 0 saturated heterocycles. The summed E-state index contributed by atoms with van der Waals surface area (Å²) >= 11 is 0. The maximum atomic E-state index is 10.1. The zero-order valence-corrected chi connectivity index (χ0v) is 21.3. The molecule has 0 aliphatic rings. The third-order valence-corrected chi connectivity index (χ3v) is 5.76. The summed E-state index contributed by atoms with van der Waals surface area (Å²) < 4.78 is 12.3. The van der Waals surface area contributed by atoms with Gasteiger partial charge in [0.25, 0.3) is 0 Å². The van der Waals surface area contributed by atoms with Crippen LogP contribution < -0.4 is 20.9 Å². The third kappa shape index (κ3) is 6.28. The maximum absolute atomic E-state index is 10.1. The average Bonchev–Trinajstić information content (AvgIpc) is 2.96. The Labute approximate surface area is 232 Å². The fraction of sp³-hybridized carbons (Fsp3) is 0. The van der Waals surface area contributed by atoms with Gasteiger partial charge < -0.3 is 31.2 Å². The van der Waals surface area contributed by atoms with Crippen LogP contribution >= 0.6 is 0 Å². The zero-order chi connectivity index (χ0) is 27.9. The molecule has 0 radical (unpaired) electrons. The first-order valence-corrected chi connectivity index (χ1v) is 12.3. The Morgan fingerprint density at radius 1 is 0.500 bits per heavy atom. The summed E-state index contributed by atoms with van der Waals surface area (Å²) in [4.78, 5) is 0. The lowest BCUT2D eigenvalue weighted by atomic mass is 10.0. The molecule has 0 aliphatic heterocycles. The highest BCUT2D eigenvalue weighted by molar-refractivity contribution is 5.65. The van der Waals surface area contributed by atoms with E-state index in [4.69, 9.17) is 20.9 Å². The van der Waals surface area contributed by atoms with Crippen molar-refractivity contribution in [3.63, 3.8) is 0 Å². The van der Waals surface area contributed by atoms with Gasteiger partial charge in [-0.3, -0.25) is 0 Å².